The highest BCUT2D eigenvalue weighted by atomic mass is 35.5. The van der Waals surface area contributed by atoms with Crippen molar-refractivity contribution in [2.45, 2.75) is 24.9 Å². The molecule has 3 aromatic rings. The smallest absolute Gasteiger partial charge is 0.243 e. The lowest BCUT2D eigenvalue weighted by molar-refractivity contribution is -0.132. The van der Waals surface area contributed by atoms with Gasteiger partial charge in [0.2, 0.25) is 15.9 Å². The van der Waals surface area contributed by atoms with Crippen LogP contribution in [0.15, 0.2) is 64.9 Å². The molecular formula is C27H31ClFN3O4S2. The number of benzene rings is 2. The van der Waals surface area contributed by atoms with Crippen molar-refractivity contribution in [3.8, 4) is 0 Å². The number of morpholine rings is 1. The first-order chi connectivity index (χ1) is 18.2. The van der Waals surface area contributed by atoms with Crippen LogP contribution in [-0.2, 0) is 32.6 Å². The zero-order valence-corrected chi connectivity index (χ0v) is 23.6. The minimum Gasteiger partial charge on any atom is -0.379 e. The van der Waals surface area contributed by atoms with Gasteiger partial charge in [0, 0.05) is 42.6 Å². The van der Waals surface area contributed by atoms with E-state index in [1.54, 1.807) is 28.4 Å². The van der Waals surface area contributed by atoms with E-state index in [0.29, 0.717) is 44.4 Å². The summed E-state index contributed by atoms with van der Waals surface area (Å²) in [5.74, 6) is -0.689. The molecule has 2 aromatic carbocycles. The summed E-state index contributed by atoms with van der Waals surface area (Å²) in [5, 5.41) is 2.39. The molecule has 4 rings (SSSR count). The number of rotatable bonds is 11. The molecular weight excluding hydrogens is 549 g/mol. The predicted octanol–water partition coefficient (Wildman–Crippen LogP) is 4.40. The van der Waals surface area contributed by atoms with Crippen molar-refractivity contribution in [2.24, 2.45) is 0 Å². The van der Waals surface area contributed by atoms with Crippen molar-refractivity contribution in [2.75, 3.05) is 45.9 Å². The number of carbonyl (C=O) groups is 1. The Labute approximate surface area is 232 Å². The van der Waals surface area contributed by atoms with E-state index in [2.05, 4.69) is 4.90 Å². The average molecular weight is 580 g/mol. The van der Waals surface area contributed by atoms with Crippen molar-refractivity contribution < 1.29 is 22.3 Å². The molecule has 0 radical (unpaired) electrons. The van der Waals surface area contributed by atoms with E-state index < -0.39 is 10.0 Å². The van der Waals surface area contributed by atoms with Crippen LogP contribution in [0, 0.1) is 12.7 Å². The quantitative estimate of drug-likeness (QED) is 0.337. The number of ether oxygens (including phenoxy) is 1. The van der Waals surface area contributed by atoms with Gasteiger partial charge in [-0.3, -0.25) is 9.69 Å². The van der Waals surface area contributed by atoms with Crippen LogP contribution in [0.3, 0.4) is 0 Å². The monoisotopic (exact) mass is 579 g/mol. The molecule has 1 amide bonds. The van der Waals surface area contributed by atoms with Crippen molar-refractivity contribution in [3.05, 3.63) is 86.8 Å². The van der Waals surface area contributed by atoms with E-state index in [1.165, 1.54) is 40.7 Å². The highest BCUT2D eigenvalue weighted by molar-refractivity contribution is 7.89. The fourth-order valence-corrected chi connectivity index (χ4v) is 6.58. The number of nitrogens with zero attached hydrogens (tertiary/aromatic N) is 3. The summed E-state index contributed by atoms with van der Waals surface area (Å²) in [7, 11) is -3.97. The zero-order chi connectivity index (χ0) is 27.1. The summed E-state index contributed by atoms with van der Waals surface area (Å²) >= 11 is 7.53. The lowest BCUT2D eigenvalue weighted by Crippen LogP contribution is -2.47. The third-order valence-electron chi connectivity index (χ3n) is 6.47. The van der Waals surface area contributed by atoms with Gasteiger partial charge in [-0.15, -0.1) is 11.3 Å². The number of hydrogen-bond acceptors (Lipinski definition) is 6. The highest BCUT2D eigenvalue weighted by Crippen LogP contribution is 2.22. The van der Waals surface area contributed by atoms with Crippen LogP contribution in [0.1, 0.15) is 16.0 Å². The van der Waals surface area contributed by atoms with Crippen LogP contribution in [0.2, 0.25) is 5.02 Å². The minimum atomic E-state index is -3.97. The van der Waals surface area contributed by atoms with Crippen molar-refractivity contribution >= 4 is 38.9 Å². The van der Waals surface area contributed by atoms with E-state index in [0.717, 1.165) is 16.0 Å². The number of amides is 1. The van der Waals surface area contributed by atoms with Crippen LogP contribution in [0.25, 0.3) is 0 Å². The second-order valence-electron chi connectivity index (χ2n) is 9.15. The van der Waals surface area contributed by atoms with Gasteiger partial charge in [0.15, 0.2) is 0 Å². The number of hydrogen-bond donors (Lipinski definition) is 0. The normalized spacial score (nSPS) is 14.6. The molecule has 1 aliphatic rings. The second kappa shape index (κ2) is 13.1. The first-order valence-corrected chi connectivity index (χ1v) is 15.0. The van der Waals surface area contributed by atoms with Gasteiger partial charge in [0.05, 0.1) is 31.2 Å². The topological polar surface area (TPSA) is 70.2 Å². The molecule has 1 saturated heterocycles. The number of sulfonamides is 1. The molecule has 0 spiro atoms. The molecule has 0 N–H and O–H groups in total. The van der Waals surface area contributed by atoms with E-state index in [9.17, 15) is 17.6 Å². The maximum atomic E-state index is 13.7. The van der Waals surface area contributed by atoms with E-state index in [-0.39, 0.29) is 36.3 Å². The van der Waals surface area contributed by atoms with Crippen molar-refractivity contribution in [1.29, 1.82) is 0 Å². The molecule has 1 fully saturated rings. The van der Waals surface area contributed by atoms with Gasteiger partial charge in [-0.25, -0.2) is 12.8 Å². The van der Waals surface area contributed by atoms with E-state index >= 15 is 0 Å². The lowest BCUT2D eigenvalue weighted by atomic mass is 10.2. The first-order valence-electron chi connectivity index (χ1n) is 12.3. The fourth-order valence-electron chi connectivity index (χ4n) is 4.15. The van der Waals surface area contributed by atoms with E-state index in [4.69, 9.17) is 16.3 Å². The molecule has 0 saturated carbocycles. The van der Waals surface area contributed by atoms with Crippen LogP contribution >= 0.6 is 22.9 Å². The Hall–Kier alpha value is -2.34. The van der Waals surface area contributed by atoms with Crippen LogP contribution in [-0.4, -0.2) is 74.4 Å². The molecule has 11 heteroatoms. The zero-order valence-electron chi connectivity index (χ0n) is 21.2. The summed E-state index contributed by atoms with van der Waals surface area (Å²) in [6.07, 6.45) is 0. The lowest BCUT2D eigenvalue weighted by Gasteiger charge is -2.31. The minimum absolute atomic E-state index is 0.0795. The largest absolute Gasteiger partial charge is 0.379 e. The van der Waals surface area contributed by atoms with Gasteiger partial charge < -0.3 is 9.64 Å². The molecule has 38 heavy (non-hydrogen) atoms. The maximum absolute atomic E-state index is 13.7. The third-order valence-corrected chi connectivity index (χ3v) is 9.59. The second-order valence-corrected chi connectivity index (χ2v) is 12.5. The third kappa shape index (κ3) is 7.62. The van der Waals surface area contributed by atoms with Crippen LogP contribution in [0.4, 0.5) is 4.39 Å². The Morgan fingerprint density at radius 3 is 2.37 bits per heavy atom. The number of thiophene rings is 1. The molecule has 2 heterocycles. The summed E-state index contributed by atoms with van der Waals surface area (Å²) in [6.45, 7) is 5.45. The first kappa shape index (κ1) is 28.7. The Morgan fingerprint density at radius 1 is 1.05 bits per heavy atom. The predicted molar refractivity (Wildman–Crippen MR) is 147 cm³/mol. The van der Waals surface area contributed by atoms with Gasteiger partial charge in [0.25, 0.3) is 0 Å². The SMILES string of the molecule is Cc1ccsc1CN(Cc1ccc(F)cc1)C(=O)CN(CCN1CCOCC1)S(=O)(=O)c1ccc(Cl)cc1. The summed E-state index contributed by atoms with van der Waals surface area (Å²) in [5.41, 5.74) is 1.82. The molecule has 0 aliphatic carbocycles. The summed E-state index contributed by atoms with van der Waals surface area (Å²) in [6, 6.07) is 13.9. The summed E-state index contributed by atoms with van der Waals surface area (Å²) < 4.78 is 47.5. The van der Waals surface area contributed by atoms with Crippen molar-refractivity contribution in [3.63, 3.8) is 0 Å². The Balaban J connectivity index is 1.58. The standard InChI is InChI=1S/C27H31ClFN3O4S2/c1-21-10-17-37-26(21)19-31(18-22-2-6-24(29)7-3-22)27(33)20-32(12-11-30-13-15-36-16-14-30)38(34,35)25-8-4-23(28)5-9-25/h2-10,17H,11-16,18-20H2,1H3. The number of aryl methyl sites for hydroxylation is 1. The summed E-state index contributed by atoms with van der Waals surface area (Å²) in [4.78, 5) is 18.6. The Kier molecular flexibility index (Phi) is 9.91. The van der Waals surface area contributed by atoms with Crippen LogP contribution in [0.5, 0.6) is 0 Å². The molecule has 1 aliphatic heterocycles. The fraction of sp³-hybridized carbons (Fsp3) is 0.370. The number of carbonyl (C=O) groups excluding carboxylic acids is 1. The van der Waals surface area contributed by atoms with Gasteiger partial charge >= 0.3 is 0 Å². The van der Waals surface area contributed by atoms with Gasteiger partial charge in [0.1, 0.15) is 5.82 Å². The highest BCUT2D eigenvalue weighted by Gasteiger charge is 2.29. The molecule has 7 nitrogen and oxygen atoms in total. The Morgan fingerprint density at radius 2 is 1.74 bits per heavy atom. The number of halogens is 2. The average Bonchev–Trinajstić information content (AvgIpc) is 3.32. The van der Waals surface area contributed by atoms with Crippen molar-refractivity contribution in [1.82, 2.24) is 14.1 Å². The molecule has 0 bridgehead atoms. The van der Waals surface area contributed by atoms with Crippen LogP contribution < -0.4 is 0 Å². The molecule has 0 unspecified atom stereocenters. The van der Waals surface area contributed by atoms with Gasteiger partial charge in [-0.2, -0.15) is 4.31 Å². The maximum Gasteiger partial charge on any atom is 0.243 e. The Bertz CT molecular complexity index is 1310. The molecule has 204 valence electrons. The van der Waals surface area contributed by atoms with Gasteiger partial charge in [-0.05, 0) is 65.9 Å². The van der Waals surface area contributed by atoms with E-state index in [1.807, 2.05) is 18.4 Å². The molecule has 1 aromatic heterocycles. The molecule has 0 atom stereocenters. The van der Waals surface area contributed by atoms with Gasteiger partial charge in [-0.1, -0.05) is 23.7 Å².